The molecule has 0 radical (unpaired) electrons. The van der Waals surface area contributed by atoms with Gasteiger partial charge in [0.05, 0.1) is 0 Å². The van der Waals surface area contributed by atoms with Gasteiger partial charge in [0.1, 0.15) is 23.3 Å². The van der Waals surface area contributed by atoms with Gasteiger partial charge in [0.25, 0.3) is 0 Å². The molecule has 33 heavy (non-hydrogen) atoms. The molecular weight excluding hydrogens is 412 g/mol. The van der Waals surface area contributed by atoms with Crippen molar-refractivity contribution in [3.63, 3.8) is 0 Å². The molecule has 5 rings (SSSR count). The largest absolute Gasteiger partial charge is 0.446 e. The zero-order chi connectivity index (χ0) is 22.8. The molecule has 0 spiro atoms. The second-order valence-corrected chi connectivity index (χ2v) is 10.1. The second-order valence-electron chi connectivity index (χ2n) is 10.1. The average Bonchev–Trinajstić information content (AvgIpc) is 3.29. The quantitative estimate of drug-likeness (QED) is 0.487. The Morgan fingerprint density at radius 3 is 2.24 bits per heavy atom. The zero-order valence-corrected chi connectivity index (χ0v) is 19.7. The summed E-state index contributed by atoms with van der Waals surface area (Å²) in [6, 6.07) is 18.5. The first kappa shape index (κ1) is 21.9. The number of hydrogen-bond acceptors (Lipinski definition) is 4. The lowest BCUT2D eigenvalue weighted by atomic mass is 9.66. The Morgan fingerprint density at radius 1 is 0.879 bits per heavy atom. The van der Waals surface area contributed by atoms with Gasteiger partial charge in [-0.2, -0.15) is 15.0 Å². The molecule has 0 bridgehead atoms. The van der Waals surface area contributed by atoms with E-state index in [1.165, 1.54) is 12.0 Å². The van der Waals surface area contributed by atoms with Crippen molar-refractivity contribution in [1.29, 1.82) is 0 Å². The molecule has 6 heteroatoms. The maximum Gasteiger partial charge on any atom is 0.411 e. The summed E-state index contributed by atoms with van der Waals surface area (Å²) in [5, 5.41) is 9.33. The van der Waals surface area contributed by atoms with Crippen LogP contribution in [-0.2, 0) is 10.2 Å². The first-order valence-corrected chi connectivity index (χ1v) is 12.4. The van der Waals surface area contributed by atoms with E-state index >= 15 is 0 Å². The molecule has 1 amide bonds. The van der Waals surface area contributed by atoms with Crippen molar-refractivity contribution in [1.82, 2.24) is 19.9 Å². The molecule has 0 N–H and O–H groups in total. The fraction of sp³-hybridized carbons (Fsp3) is 0.519. The highest BCUT2D eigenvalue weighted by molar-refractivity contribution is 5.73. The molecule has 2 aromatic carbocycles. The Balaban J connectivity index is 1.36. The normalized spacial score (nSPS) is 24.1. The maximum absolute atomic E-state index is 13.5. The SMILES string of the molecule is CC(C)(c1ccccc1)[C@@H]1CCCC[C@H]1OC(=O)N1CCCCC1n1nc2ccccc2n1. The number of nitrogens with zero attached hydrogens (tertiary/aromatic N) is 4. The van der Waals surface area contributed by atoms with Gasteiger partial charge >= 0.3 is 6.09 Å². The molecule has 2 heterocycles. The molecule has 1 aliphatic heterocycles. The number of fused-ring (bicyclic) bond motifs is 1. The number of ether oxygens (including phenoxy) is 1. The van der Waals surface area contributed by atoms with E-state index in [9.17, 15) is 4.79 Å². The highest BCUT2D eigenvalue weighted by Crippen LogP contribution is 2.42. The summed E-state index contributed by atoms with van der Waals surface area (Å²) < 4.78 is 6.30. The lowest BCUT2D eigenvalue weighted by Gasteiger charge is -2.43. The number of likely N-dealkylation sites (tertiary alicyclic amines) is 1. The van der Waals surface area contributed by atoms with Crippen LogP contribution in [-0.4, -0.2) is 38.6 Å². The van der Waals surface area contributed by atoms with Crippen molar-refractivity contribution in [2.45, 2.75) is 76.5 Å². The number of benzene rings is 2. The molecule has 3 aromatic rings. The van der Waals surface area contributed by atoms with E-state index in [4.69, 9.17) is 4.74 Å². The zero-order valence-electron chi connectivity index (χ0n) is 19.7. The lowest BCUT2D eigenvalue weighted by molar-refractivity contribution is -0.0256. The van der Waals surface area contributed by atoms with Gasteiger partial charge in [-0.05, 0) is 61.6 Å². The topological polar surface area (TPSA) is 60.2 Å². The van der Waals surface area contributed by atoms with E-state index < -0.39 is 0 Å². The van der Waals surface area contributed by atoms with Crippen LogP contribution in [0.25, 0.3) is 11.0 Å². The Hall–Kier alpha value is -2.89. The van der Waals surface area contributed by atoms with Crippen molar-refractivity contribution in [2.24, 2.45) is 5.92 Å². The fourth-order valence-corrected chi connectivity index (χ4v) is 5.72. The van der Waals surface area contributed by atoms with Crippen LogP contribution in [0, 0.1) is 5.92 Å². The van der Waals surface area contributed by atoms with Crippen LogP contribution in [0.1, 0.15) is 70.5 Å². The van der Waals surface area contributed by atoms with Gasteiger partial charge in [0.15, 0.2) is 0 Å². The molecule has 2 aliphatic rings. The van der Waals surface area contributed by atoms with Crippen molar-refractivity contribution < 1.29 is 9.53 Å². The minimum absolute atomic E-state index is 0.0603. The summed E-state index contributed by atoms with van der Waals surface area (Å²) in [5.74, 6) is 0.297. The first-order valence-electron chi connectivity index (χ1n) is 12.4. The van der Waals surface area contributed by atoms with Gasteiger partial charge in [0.2, 0.25) is 0 Å². The average molecular weight is 447 g/mol. The molecule has 2 fully saturated rings. The number of amides is 1. The Morgan fingerprint density at radius 2 is 1.52 bits per heavy atom. The summed E-state index contributed by atoms with van der Waals surface area (Å²) >= 11 is 0. The van der Waals surface area contributed by atoms with Crippen LogP contribution >= 0.6 is 0 Å². The van der Waals surface area contributed by atoms with Crippen molar-refractivity contribution in [3.8, 4) is 0 Å². The standard InChI is InChI=1S/C27H34N4O2/c1-27(2,20-12-4-3-5-13-20)21-14-6-9-17-24(21)33-26(32)30-19-11-10-18-25(30)31-28-22-15-7-8-16-23(22)29-31/h3-5,7-8,12-13,15-16,21,24-25H,6,9-11,14,17-19H2,1-2H3/t21-,24-,25?/m1/s1. The molecule has 3 atom stereocenters. The maximum atomic E-state index is 13.5. The third kappa shape index (κ3) is 4.35. The van der Waals surface area contributed by atoms with Crippen LogP contribution in [0.15, 0.2) is 54.6 Å². The van der Waals surface area contributed by atoms with E-state index in [-0.39, 0.29) is 23.8 Å². The summed E-state index contributed by atoms with van der Waals surface area (Å²) in [5.41, 5.74) is 2.96. The monoisotopic (exact) mass is 446 g/mol. The highest BCUT2D eigenvalue weighted by Gasteiger charge is 2.42. The van der Waals surface area contributed by atoms with Crippen LogP contribution in [0.2, 0.25) is 0 Å². The minimum atomic E-state index is -0.221. The van der Waals surface area contributed by atoms with Gasteiger partial charge < -0.3 is 4.74 Å². The van der Waals surface area contributed by atoms with Crippen LogP contribution in [0.5, 0.6) is 0 Å². The number of piperidine rings is 1. The van der Waals surface area contributed by atoms with E-state index in [2.05, 4.69) is 54.4 Å². The lowest BCUT2D eigenvalue weighted by Crippen LogP contribution is -2.47. The smallest absolute Gasteiger partial charge is 0.411 e. The van der Waals surface area contributed by atoms with Gasteiger partial charge in [-0.1, -0.05) is 62.7 Å². The van der Waals surface area contributed by atoms with Crippen LogP contribution in [0.3, 0.4) is 0 Å². The van der Waals surface area contributed by atoms with E-state index in [0.717, 1.165) is 49.6 Å². The van der Waals surface area contributed by atoms with Gasteiger partial charge in [-0.3, -0.25) is 4.90 Å². The van der Waals surface area contributed by atoms with Gasteiger partial charge in [0, 0.05) is 12.5 Å². The molecule has 1 saturated carbocycles. The fourth-order valence-electron chi connectivity index (χ4n) is 5.72. The van der Waals surface area contributed by atoms with Crippen LogP contribution < -0.4 is 0 Å². The highest BCUT2D eigenvalue weighted by atomic mass is 16.6. The summed E-state index contributed by atoms with van der Waals surface area (Å²) in [6.07, 6.45) is 6.69. The van der Waals surface area contributed by atoms with Gasteiger partial charge in [-0.25, -0.2) is 4.79 Å². The molecule has 1 aliphatic carbocycles. The van der Waals surface area contributed by atoms with Crippen molar-refractivity contribution in [3.05, 3.63) is 60.2 Å². The molecular formula is C27H34N4O2. The van der Waals surface area contributed by atoms with Crippen molar-refractivity contribution >= 4 is 17.1 Å². The Kier molecular flexibility index (Phi) is 6.09. The molecule has 1 aromatic heterocycles. The predicted molar refractivity (Wildman–Crippen MR) is 129 cm³/mol. The Bertz CT molecular complexity index is 1060. The number of hydrogen-bond donors (Lipinski definition) is 0. The molecule has 6 nitrogen and oxygen atoms in total. The summed E-state index contributed by atoms with van der Waals surface area (Å²) in [4.78, 5) is 17.1. The van der Waals surface area contributed by atoms with E-state index in [1.54, 1.807) is 4.80 Å². The molecule has 174 valence electrons. The van der Waals surface area contributed by atoms with Gasteiger partial charge in [-0.15, -0.1) is 0 Å². The first-order chi connectivity index (χ1) is 16.0. The number of rotatable bonds is 4. The number of carbonyl (C=O) groups is 1. The van der Waals surface area contributed by atoms with Crippen LogP contribution in [0.4, 0.5) is 4.79 Å². The second kappa shape index (κ2) is 9.16. The summed E-state index contributed by atoms with van der Waals surface area (Å²) in [7, 11) is 0. The summed E-state index contributed by atoms with van der Waals surface area (Å²) in [6.45, 7) is 5.27. The minimum Gasteiger partial charge on any atom is -0.446 e. The predicted octanol–water partition coefficient (Wildman–Crippen LogP) is 6.09. The number of carbonyl (C=O) groups excluding carboxylic acids is 1. The molecule has 1 saturated heterocycles. The third-order valence-electron chi connectivity index (χ3n) is 7.67. The Labute approximate surface area is 195 Å². The molecule has 1 unspecified atom stereocenters. The van der Waals surface area contributed by atoms with E-state index in [1.807, 2.05) is 29.2 Å². The third-order valence-corrected chi connectivity index (χ3v) is 7.67. The van der Waals surface area contributed by atoms with Crippen molar-refractivity contribution in [2.75, 3.05) is 6.54 Å². The number of aromatic nitrogens is 3. The van der Waals surface area contributed by atoms with E-state index in [0.29, 0.717) is 12.5 Å².